The van der Waals surface area contributed by atoms with Crippen LogP contribution in [0.15, 0.2) is 23.1 Å². The molecule has 0 amide bonds. The van der Waals surface area contributed by atoms with Crippen LogP contribution in [0.25, 0.3) is 0 Å². The van der Waals surface area contributed by atoms with Crippen LogP contribution in [0.2, 0.25) is 0 Å². The zero-order valence-corrected chi connectivity index (χ0v) is 11.6. The molecule has 0 aliphatic carbocycles. The van der Waals surface area contributed by atoms with Crippen molar-refractivity contribution in [1.29, 1.82) is 0 Å². The molecular weight excluding hydrogens is 270 g/mol. The molecule has 1 atom stereocenters. The van der Waals surface area contributed by atoms with Gasteiger partial charge in [0.05, 0.1) is 20.4 Å². The van der Waals surface area contributed by atoms with Gasteiger partial charge < -0.3 is 9.47 Å². The summed E-state index contributed by atoms with van der Waals surface area (Å²) in [7, 11) is -0.770. The van der Waals surface area contributed by atoms with Crippen LogP contribution < -0.4 is 25.0 Å². The Bertz CT molecular complexity index is 541. The number of nitrogens with one attached hydrogen (secondary N) is 3. The van der Waals surface area contributed by atoms with Gasteiger partial charge in [0.1, 0.15) is 16.4 Å². The largest absolute Gasteiger partial charge is 0.497 e. The van der Waals surface area contributed by atoms with Crippen molar-refractivity contribution in [2.75, 3.05) is 20.8 Å². The Morgan fingerprint density at radius 1 is 1.32 bits per heavy atom. The molecule has 1 unspecified atom stereocenters. The topological polar surface area (TPSA) is 88.7 Å². The zero-order chi connectivity index (χ0) is 13.9. The molecule has 0 saturated carbocycles. The summed E-state index contributed by atoms with van der Waals surface area (Å²) in [6.07, 6.45) is 0.340. The molecule has 8 heteroatoms. The van der Waals surface area contributed by atoms with Gasteiger partial charge in [0.15, 0.2) is 0 Å². The minimum absolute atomic E-state index is 0.0584. The maximum absolute atomic E-state index is 12.3. The van der Waals surface area contributed by atoms with E-state index in [1.807, 2.05) is 0 Å². The predicted molar refractivity (Wildman–Crippen MR) is 69.4 cm³/mol. The van der Waals surface area contributed by atoms with Crippen LogP contribution >= 0.6 is 0 Å². The fourth-order valence-corrected chi connectivity index (χ4v) is 3.18. The maximum atomic E-state index is 12.3. The molecule has 0 aromatic heterocycles. The van der Waals surface area contributed by atoms with Gasteiger partial charge in [-0.1, -0.05) is 0 Å². The van der Waals surface area contributed by atoms with Crippen molar-refractivity contribution in [3.63, 3.8) is 0 Å². The highest BCUT2D eigenvalue weighted by Crippen LogP contribution is 2.28. The van der Waals surface area contributed by atoms with E-state index in [0.29, 0.717) is 18.7 Å². The summed E-state index contributed by atoms with van der Waals surface area (Å²) >= 11 is 0. The van der Waals surface area contributed by atoms with E-state index in [1.54, 1.807) is 12.1 Å². The van der Waals surface area contributed by atoms with Gasteiger partial charge in [0.25, 0.3) is 0 Å². The van der Waals surface area contributed by atoms with Crippen molar-refractivity contribution < 1.29 is 17.9 Å². The lowest BCUT2D eigenvalue weighted by Crippen LogP contribution is -2.44. The van der Waals surface area contributed by atoms with E-state index in [2.05, 4.69) is 15.6 Å². The number of hydrazine groups is 1. The van der Waals surface area contributed by atoms with Crippen molar-refractivity contribution in [3.05, 3.63) is 18.2 Å². The smallest absolute Gasteiger partial charge is 0.245 e. The minimum atomic E-state index is -3.68. The Balaban J connectivity index is 2.32. The first-order chi connectivity index (χ1) is 9.06. The summed E-state index contributed by atoms with van der Waals surface area (Å²) in [4.78, 5) is 0.0584. The van der Waals surface area contributed by atoms with Crippen molar-refractivity contribution in [2.24, 2.45) is 0 Å². The molecule has 1 heterocycles. The summed E-state index contributed by atoms with van der Waals surface area (Å²) in [5.41, 5.74) is 5.70. The van der Waals surface area contributed by atoms with E-state index in [1.165, 1.54) is 20.3 Å². The number of sulfonamides is 1. The van der Waals surface area contributed by atoms with E-state index >= 15 is 0 Å². The first-order valence-electron chi connectivity index (χ1n) is 5.79. The molecular formula is C11H17N3O4S. The Morgan fingerprint density at radius 2 is 2.11 bits per heavy atom. The fraction of sp³-hybridized carbons (Fsp3) is 0.455. The van der Waals surface area contributed by atoms with Crippen LogP contribution in [0.3, 0.4) is 0 Å². The molecule has 1 aliphatic rings. The minimum Gasteiger partial charge on any atom is -0.497 e. The summed E-state index contributed by atoms with van der Waals surface area (Å²) in [5.74, 6) is 0.734. The van der Waals surface area contributed by atoms with Gasteiger partial charge in [-0.15, -0.1) is 0 Å². The number of methoxy groups -OCH3 is 2. The fourth-order valence-electron chi connectivity index (χ4n) is 1.82. The van der Waals surface area contributed by atoms with Crippen LogP contribution in [0.5, 0.6) is 11.5 Å². The Morgan fingerprint density at radius 3 is 2.68 bits per heavy atom. The van der Waals surface area contributed by atoms with Gasteiger partial charge in [0, 0.05) is 12.6 Å². The maximum Gasteiger partial charge on any atom is 0.245 e. The number of benzene rings is 1. The Kier molecular flexibility index (Phi) is 4.25. The van der Waals surface area contributed by atoms with Crippen molar-refractivity contribution in [1.82, 2.24) is 15.6 Å². The molecule has 1 aliphatic heterocycles. The van der Waals surface area contributed by atoms with E-state index in [9.17, 15) is 8.42 Å². The van der Waals surface area contributed by atoms with Gasteiger partial charge >= 0.3 is 0 Å². The van der Waals surface area contributed by atoms with E-state index in [4.69, 9.17) is 9.47 Å². The Hall–Kier alpha value is -1.35. The van der Waals surface area contributed by atoms with E-state index in [-0.39, 0.29) is 16.8 Å². The van der Waals surface area contributed by atoms with Crippen LogP contribution in [-0.2, 0) is 10.0 Å². The molecule has 1 aromatic carbocycles. The van der Waals surface area contributed by atoms with Gasteiger partial charge in [0.2, 0.25) is 10.0 Å². The second-order valence-electron chi connectivity index (χ2n) is 4.05. The Labute approximate surface area is 112 Å². The van der Waals surface area contributed by atoms with Crippen LogP contribution in [0.4, 0.5) is 0 Å². The average Bonchev–Trinajstić information content (AvgIpc) is 2.90. The first kappa shape index (κ1) is 14.1. The van der Waals surface area contributed by atoms with E-state index < -0.39 is 10.0 Å². The normalized spacial score (nSPS) is 19.4. The molecule has 3 N–H and O–H groups in total. The monoisotopic (exact) mass is 287 g/mol. The third-order valence-electron chi connectivity index (χ3n) is 2.79. The van der Waals surface area contributed by atoms with Crippen molar-refractivity contribution >= 4 is 10.0 Å². The lowest BCUT2D eigenvalue weighted by Gasteiger charge is -2.15. The highest BCUT2D eigenvalue weighted by atomic mass is 32.2. The molecule has 106 valence electrons. The standard InChI is InChI=1S/C11H17N3O4S/c1-17-8-3-4-9(18-2)10(7-8)19(15,16)14-11-5-6-12-13-11/h3-4,7,11-14H,5-6H2,1-2H3. The number of rotatable bonds is 5. The quantitative estimate of drug-likeness (QED) is 0.695. The second-order valence-corrected chi connectivity index (χ2v) is 5.73. The highest BCUT2D eigenvalue weighted by Gasteiger charge is 2.25. The first-order valence-corrected chi connectivity index (χ1v) is 7.28. The predicted octanol–water partition coefficient (Wildman–Crippen LogP) is -0.194. The van der Waals surface area contributed by atoms with Crippen LogP contribution in [0.1, 0.15) is 6.42 Å². The average molecular weight is 287 g/mol. The number of ether oxygens (including phenoxy) is 2. The van der Waals surface area contributed by atoms with Gasteiger partial charge in [-0.05, 0) is 18.6 Å². The number of hydrogen-bond acceptors (Lipinski definition) is 6. The number of hydrogen-bond donors (Lipinski definition) is 3. The van der Waals surface area contributed by atoms with Crippen LogP contribution in [0, 0.1) is 0 Å². The third-order valence-corrected chi connectivity index (χ3v) is 4.28. The molecule has 0 bridgehead atoms. The molecule has 19 heavy (non-hydrogen) atoms. The molecule has 0 radical (unpaired) electrons. The molecule has 1 saturated heterocycles. The second kappa shape index (κ2) is 5.74. The molecule has 7 nitrogen and oxygen atoms in total. The van der Waals surface area contributed by atoms with Crippen molar-refractivity contribution in [2.45, 2.75) is 17.5 Å². The van der Waals surface area contributed by atoms with Gasteiger partial charge in [-0.2, -0.15) is 4.72 Å². The van der Waals surface area contributed by atoms with E-state index in [0.717, 1.165) is 0 Å². The summed E-state index contributed by atoms with van der Waals surface area (Å²) in [6.45, 7) is 0.711. The van der Waals surface area contributed by atoms with Gasteiger partial charge in [-0.25, -0.2) is 13.8 Å². The lowest BCUT2D eigenvalue weighted by molar-refractivity contribution is 0.391. The zero-order valence-electron chi connectivity index (χ0n) is 10.8. The summed E-state index contributed by atoms with van der Waals surface area (Å²) < 4.78 is 37.3. The van der Waals surface area contributed by atoms with Crippen LogP contribution in [-0.4, -0.2) is 35.3 Å². The SMILES string of the molecule is COc1ccc(OC)c(S(=O)(=O)NC2CCNN2)c1. The highest BCUT2D eigenvalue weighted by molar-refractivity contribution is 7.89. The molecule has 0 spiro atoms. The summed E-state index contributed by atoms with van der Waals surface area (Å²) in [6, 6.07) is 4.64. The van der Waals surface area contributed by atoms with Crippen molar-refractivity contribution in [3.8, 4) is 11.5 Å². The molecule has 1 fully saturated rings. The van der Waals surface area contributed by atoms with Gasteiger partial charge in [-0.3, -0.25) is 5.43 Å². The summed E-state index contributed by atoms with van der Waals surface area (Å²) in [5, 5.41) is 0. The molecule has 1 aromatic rings. The molecule has 2 rings (SSSR count). The third kappa shape index (κ3) is 3.16. The lowest BCUT2D eigenvalue weighted by atomic mass is 10.3.